The summed E-state index contributed by atoms with van der Waals surface area (Å²) in [6.07, 6.45) is 2.27. The lowest BCUT2D eigenvalue weighted by molar-refractivity contribution is -0.116. The van der Waals surface area contributed by atoms with Gasteiger partial charge in [0.05, 0.1) is 23.9 Å². The molecule has 0 aliphatic carbocycles. The molecule has 1 unspecified atom stereocenters. The van der Waals surface area contributed by atoms with Gasteiger partial charge in [-0.2, -0.15) is 0 Å². The number of carbonyl (C=O) groups is 1. The minimum absolute atomic E-state index is 0.0941. The summed E-state index contributed by atoms with van der Waals surface area (Å²) < 4.78 is 11.0. The van der Waals surface area contributed by atoms with Gasteiger partial charge < -0.3 is 25.4 Å². The predicted octanol–water partition coefficient (Wildman–Crippen LogP) is 2.98. The van der Waals surface area contributed by atoms with Gasteiger partial charge in [0, 0.05) is 45.2 Å². The Hall–Kier alpha value is -1.83. The number of benzene rings is 1. The zero-order valence-corrected chi connectivity index (χ0v) is 18.2. The maximum absolute atomic E-state index is 12.1. The predicted molar refractivity (Wildman–Crippen MR) is 118 cm³/mol. The van der Waals surface area contributed by atoms with Gasteiger partial charge in [-0.25, -0.2) is 0 Å². The molecule has 1 fully saturated rings. The number of rotatable bonds is 11. The summed E-state index contributed by atoms with van der Waals surface area (Å²) in [5.74, 6) is 1.15. The first-order valence-corrected chi connectivity index (χ1v) is 10.7. The zero-order valence-electron chi connectivity index (χ0n) is 17.4. The summed E-state index contributed by atoms with van der Waals surface area (Å²) in [5.41, 5.74) is 1.69. The third-order valence-electron chi connectivity index (χ3n) is 4.48. The highest BCUT2D eigenvalue weighted by atomic mass is 35.5. The van der Waals surface area contributed by atoms with Crippen LogP contribution in [0.2, 0.25) is 5.02 Å². The van der Waals surface area contributed by atoms with Crippen LogP contribution in [0.15, 0.2) is 23.2 Å². The van der Waals surface area contributed by atoms with Crippen molar-refractivity contribution in [1.82, 2.24) is 10.6 Å². The molecule has 29 heavy (non-hydrogen) atoms. The number of aryl methyl sites for hydroxylation is 1. The number of nitrogens with zero attached hydrogens (tertiary/aromatic N) is 1. The number of anilines is 1. The molecular weight excluding hydrogens is 392 g/mol. The molecule has 7 nitrogen and oxygen atoms in total. The van der Waals surface area contributed by atoms with Crippen LogP contribution in [0.5, 0.6) is 0 Å². The number of carbonyl (C=O) groups excluding carboxylic acids is 1. The second kappa shape index (κ2) is 13.4. The molecule has 1 saturated heterocycles. The molecule has 0 spiro atoms. The Kier molecular flexibility index (Phi) is 10.8. The normalized spacial score (nSPS) is 16.7. The van der Waals surface area contributed by atoms with Gasteiger partial charge in [0.1, 0.15) is 0 Å². The molecule has 1 heterocycles. The molecular formula is C21H33ClN4O3. The number of halogens is 1. The lowest BCUT2D eigenvalue weighted by Crippen LogP contribution is -2.38. The Bertz CT molecular complexity index is 663. The van der Waals surface area contributed by atoms with Crippen molar-refractivity contribution in [2.45, 2.75) is 33.1 Å². The number of ether oxygens (including phenoxy) is 2. The van der Waals surface area contributed by atoms with Crippen LogP contribution in [0.4, 0.5) is 5.69 Å². The summed E-state index contributed by atoms with van der Waals surface area (Å²) in [6, 6.07) is 5.56. The average molecular weight is 425 g/mol. The summed E-state index contributed by atoms with van der Waals surface area (Å²) in [6.45, 7) is 9.01. The second-order valence-corrected chi connectivity index (χ2v) is 7.53. The lowest BCUT2D eigenvalue weighted by atomic mass is 10.1. The number of aliphatic imine (C=N–C) groups is 1. The minimum atomic E-state index is -0.0941. The summed E-state index contributed by atoms with van der Waals surface area (Å²) in [5, 5.41) is 9.75. The summed E-state index contributed by atoms with van der Waals surface area (Å²) in [7, 11) is 0. The van der Waals surface area contributed by atoms with Crippen molar-refractivity contribution in [3.8, 4) is 0 Å². The van der Waals surface area contributed by atoms with E-state index in [2.05, 4.69) is 20.9 Å². The quantitative estimate of drug-likeness (QED) is 0.289. The molecule has 1 atom stereocenters. The van der Waals surface area contributed by atoms with E-state index in [4.69, 9.17) is 21.1 Å². The second-order valence-electron chi connectivity index (χ2n) is 7.13. The minimum Gasteiger partial charge on any atom is -0.381 e. The molecule has 0 aromatic heterocycles. The van der Waals surface area contributed by atoms with Gasteiger partial charge in [0.2, 0.25) is 5.91 Å². The van der Waals surface area contributed by atoms with Crippen LogP contribution in [0, 0.1) is 12.8 Å². The van der Waals surface area contributed by atoms with Crippen molar-refractivity contribution in [1.29, 1.82) is 0 Å². The van der Waals surface area contributed by atoms with Gasteiger partial charge >= 0.3 is 0 Å². The van der Waals surface area contributed by atoms with Gasteiger partial charge in [0.15, 0.2) is 5.96 Å². The van der Waals surface area contributed by atoms with Gasteiger partial charge in [-0.1, -0.05) is 17.7 Å². The van der Waals surface area contributed by atoms with Gasteiger partial charge in [-0.05, 0) is 44.4 Å². The highest BCUT2D eigenvalue weighted by Crippen LogP contribution is 2.22. The van der Waals surface area contributed by atoms with Crippen molar-refractivity contribution in [2.24, 2.45) is 10.9 Å². The van der Waals surface area contributed by atoms with Crippen molar-refractivity contribution < 1.29 is 14.3 Å². The van der Waals surface area contributed by atoms with Crippen molar-refractivity contribution in [2.75, 3.05) is 51.4 Å². The third kappa shape index (κ3) is 9.47. The maximum Gasteiger partial charge on any atom is 0.226 e. The SMILES string of the molecule is CCNC(=NCCCOCC1CCOC1)NCCC(=O)Nc1ccc(C)cc1Cl. The maximum atomic E-state index is 12.1. The molecule has 1 aliphatic rings. The fourth-order valence-corrected chi connectivity index (χ4v) is 3.17. The van der Waals surface area contributed by atoms with Gasteiger partial charge in [0.25, 0.3) is 0 Å². The van der Waals surface area contributed by atoms with E-state index in [1.54, 1.807) is 0 Å². The monoisotopic (exact) mass is 424 g/mol. The van der Waals surface area contributed by atoms with E-state index in [9.17, 15) is 4.79 Å². The van der Waals surface area contributed by atoms with Crippen LogP contribution in [-0.4, -0.2) is 57.9 Å². The highest BCUT2D eigenvalue weighted by Gasteiger charge is 2.15. The first-order chi connectivity index (χ1) is 14.1. The topological polar surface area (TPSA) is 84.0 Å². The molecule has 8 heteroatoms. The Labute approximate surface area is 178 Å². The van der Waals surface area contributed by atoms with Crippen LogP contribution in [0.3, 0.4) is 0 Å². The van der Waals surface area contributed by atoms with Crippen LogP contribution >= 0.6 is 11.6 Å². The molecule has 1 amide bonds. The van der Waals surface area contributed by atoms with Crippen molar-refractivity contribution >= 4 is 29.2 Å². The van der Waals surface area contributed by atoms with E-state index in [1.807, 2.05) is 32.0 Å². The van der Waals surface area contributed by atoms with E-state index < -0.39 is 0 Å². The first-order valence-electron chi connectivity index (χ1n) is 10.3. The van der Waals surface area contributed by atoms with Crippen LogP contribution in [0.1, 0.15) is 31.7 Å². The van der Waals surface area contributed by atoms with Crippen molar-refractivity contribution in [3.05, 3.63) is 28.8 Å². The molecule has 3 N–H and O–H groups in total. The number of guanidine groups is 1. The molecule has 0 saturated carbocycles. The van der Waals surface area contributed by atoms with E-state index in [0.717, 1.165) is 44.8 Å². The van der Waals surface area contributed by atoms with Gasteiger partial charge in [-0.3, -0.25) is 9.79 Å². The van der Waals surface area contributed by atoms with Gasteiger partial charge in [-0.15, -0.1) is 0 Å². The molecule has 1 aromatic rings. The Morgan fingerprint density at radius 2 is 2.24 bits per heavy atom. The fraction of sp³-hybridized carbons (Fsp3) is 0.619. The molecule has 1 aliphatic heterocycles. The number of hydrogen-bond donors (Lipinski definition) is 3. The third-order valence-corrected chi connectivity index (χ3v) is 4.79. The lowest BCUT2D eigenvalue weighted by Gasteiger charge is -2.12. The standard InChI is InChI=1S/C21H33ClN4O3/c1-3-23-21(24-9-4-11-28-14-17-8-12-29-15-17)25-10-7-20(27)26-19-6-5-16(2)13-18(19)22/h5-6,13,17H,3-4,7-12,14-15H2,1-2H3,(H,26,27)(H2,23,24,25). The number of amides is 1. The number of hydrogen-bond acceptors (Lipinski definition) is 4. The molecule has 1 aromatic carbocycles. The highest BCUT2D eigenvalue weighted by molar-refractivity contribution is 6.33. The van der Waals surface area contributed by atoms with E-state index in [-0.39, 0.29) is 5.91 Å². The summed E-state index contributed by atoms with van der Waals surface area (Å²) >= 11 is 6.15. The average Bonchev–Trinajstić information content (AvgIpc) is 3.20. The van der Waals surface area contributed by atoms with E-state index in [0.29, 0.717) is 48.7 Å². The van der Waals surface area contributed by atoms with Crippen LogP contribution in [0.25, 0.3) is 0 Å². The molecule has 0 bridgehead atoms. The molecule has 162 valence electrons. The Balaban J connectivity index is 1.62. The van der Waals surface area contributed by atoms with Crippen LogP contribution in [-0.2, 0) is 14.3 Å². The number of nitrogens with one attached hydrogen (secondary N) is 3. The largest absolute Gasteiger partial charge is 0.381 e. The van der Waals surface area contributed by atoms with Crippen molar-refractivity contribution in [3.63, 3.8) is 0 Å². The van der Waals surface area contributed by atoms with Crippen LogP contribution < -0.4 is 16.0 Å². The smallest absolute Gasteiger partial charge is 0.226 e. The molecule has 2 rings (SSSR count). The Morgan fingerprint density at radius 3 is 2.97 bits per heavy atom. The fourth-order valence-electron chi connectivity index (χ4n) is 2.89. The molecule has 0 radical (unpaired) electrons. The summed E-state index contributed by atoms with van der Waals surface area (Å²) in [4.78, 5) is 16.7. The Morgan fingerprint density at radius 1 is 1.38 bits per heavy atom. The van der Waals surface area contributed by atoms with E-state index in [1.165, 1.54) is 0 Å². The first kappa shape index (κ1) is 23.4. The van der Waals surface area contributed by atoms with E-state index >= 15 is 0 Å². The zero-order chi connectivity index (χ0) is 20.9.